The predicted octanol–water partition coefficient (Wildman–Crippen LogP) is 3.62. The molecule has 2 aromatic carbocycles. The van der Waals surface area contributed by atoms with E-state index >= 15 is 0 Å². The van der Waals surface area contributed by atoms with E-state index in [2.05, 4.69) is 45.7 Å². The highest BCUT2D eigenvalue weighted by Crippen LogP contribution is 2.28. The Labute approximate surface area is 177 Å². The lowest BCUT2D eigenvalue weighted by molar-refractivity contribution is 0.0905. The maximum atomic E-state index is 12.9. The molecule has 1 aliphatic heterocycles. The van der Waals surface area contributed by atoms with Crippen LogP contribution in [-0.2, 0) is 6.42 Å². The molecule has 1 aliphatic rings. The smallest absolute Gasteiger partial charge is 0.259 e. The zero-order chi connectivity index (χ0) is 20.9. The van der Waals surface area contributed by atoms with Crippen LogP contribution >= 0.6 is 0 Å². The van der Waals surface area contributed by atoms with Gasteiger partial charge in [-0.15, -0.1) is 0 Å². The Morgan fingerprint density at radius 1 is 1.07 bits per heavy atom. The van der Waals surface area contributed by atoms with Crippen molar-refractivity contribution in [2.24, 2.45) is 0 Å². The number of benzene rings is 2. The molecule has 0 unspecified atom stereocenters. The van der Waals surface area contributed by atoms with Crippen LogP contribution in [0.3, 0.4) is 0 Å². The highest BCUT2D eigenvalue weighted by Gasteiger charge is 2.24. The minimum Gasteiger partial charge on any atom is -0.496 e. The summed E-state index contributed by atoms with van der Waals surface area (Å²) in [6.45, 7) is 3.00. The van der Waals surface area contributed by atoms with Crippen LogP contribution in [0, 0.1) is 0 Å². The summed E-state index contributed by atoms with van der Waals surface area (Å²) >= 11 is 0. The molecule has 1 amide bonds. The first kappa shape index (κ1) is 20.3. The highest BCUT2D eigenvalue weighted by molar-refractivity contribution is 5.99. The van der Waals surface area contributed by atoms with Crippen molar-refractivity contribution in [1.29, 1.82) is 0 Å². The van der Waals surface area contributed by atoms with E-state index in [-0.39, 0.29) is 11.9 Å². The van der Waals surface area contributed by atoms with Gasteiger partial charge in [-0.25, -0.2) is 0 Å². The van der Waals surface area contributed by atoms with Crippen molar-refractivity contribution in [3.05, 3.63) is 59.8 Å². The molecule has 0 saturated carbocycles. The average Bonchev–Trinajstić information content (AvgIpc) is 3.21. The standard InChI is InChI=1S/C24H29N3O3/c1-29-21-8-5-9-22(30-2)23(21)24(28)26-18-11-14-27(15-12-18)13-10-17-16-25-20-7-4-3-6-19(17)20/h3-9,16,18,25H,10-15H2,1-2H3,(H,26,28). The fraction of sp³-hybridized carbons (Fsp3) is 0.375. The van der Waals surface area contributed by atoms with Gasteiger partial charge in [-0.1, -0.05) is 24.3 Å². The Balaban J connectivity index is 1.30. The number of likely N-dealkylation sites (tertiary alicyclic amines) is 1. The maximum absolute atomic E-state index is 12.9. The van der Waals surface area contributed by atoms with Gasteiger partial charge in [0.2, 0.25) is 0 Å². The molecule has 1 aromatic heterocycles. The Morgan fingerprint density at radius 2 is 1.77 bits per heavy atom. The molecular formula is C24H29N3O3. The number of hydrogen-bond acceptors (Lipinski definition) is 4. The van der Waals surface area contributed by atoms with Gasteiger partial charge in [-0.05, 0) is 43.0 Å². The first-order valence-corrected chi connectivity index (χ1v) is 10.5. The molecule has 6 heteroatoms. The molecule has 0 atom stereocenters. The second-order valence-corrected chi connectivity index (χ2v) is 7.74. The number of aromatic nitrogens is 1. The van der Waals surface area contributed by atoms with E-state index in [1.54, 1.807) is 26.4 Å². The zero-order valence-corrected chi connectivity index (χ0v) is 17.6. The van der Waals surface area contributed by atoms with Crippen molar-refractivity contribution in [1.82, 2.24) is 15.2 Å². The van der Waals surface area contributed by atoms with Crippen molar-refractivity contribution in [2.45, 2.75) is 25.3 Å². The lowest BCUT2D eigenvalue weighted by Crippen LogP contribution is -2.45. The molecule has 2 heterocycles. The molecule has 6 nitrogen and oxygen atoms in total. The Kier molecular flexibility index (Phi) is 6.23. The molecule has 0 spiro atoms. The molecule has 2 N–H and O–H groups in total. The molecule has 4 rings (SSSR count). The molecule has 0 bridgehead atoms. The first-order valence-electron chi connectivity index (χ1n) is 10.5. The zero-order valence-electron chi connectivity index (χ0n) is 17.6. The number of hydrogen-bond donors (Lipinski definition) is 2. The van der Waals surface area contributed by atoms with Gasteiger partial charge >= 0.3 is 0 Å². The second kappa shape index (κ2) is 9.22. The predicted molar refractivity (Wildman–Crippen MR) is 118 cm³/mol. The number of rotatable bonds is 7. The van der Waals surface area contributed by atoms with E-state index < -0.39 is 0 Å². The normalized spacial score (nSPS) is 15.3. The lowest BCUT2D eigenvalue weighted by Gasteiger charge is -2.32. The van der Waals surface area contributed by atoms with Gasteiger partial charge in [0.1, 0.15) is 17.1 Å². The van der Waals surface area contributed by atoms with Crippen molar-refractivity contribution >= 4 is 16.8 Å². The number of carbonyl (C=O) groups is 1. The summed E-state index contributed by atoms with van der Waals surface area (Å²) in [5.41, 5.74) is 3.02. The number of fused-ring (bicyclic) bond motifs is 1. The van der Waals surface area contributed by atoms with Crippen LogP contribution in [0.1, 0.15) is 28.8 Å². The van der Waals surface area contributed by atoms with E-state index in [4.69, 9.17) is 9.47 Å². The van der Waals surface area contributed by atoms with E-state index in [1.807, 2.05) is 6.07 Å². The molecular weight excluding hydrogens is 378 g/mol. The SMILES string of the molecule is COc1cccc(OC)c1C(=O)NC1CCN(CCc2c[nH]c3ccccc23)CC1. The number of ether oxygens (including phenoxy) is 2. The molecule has 30 heavy (non-hydrogen) atoms. The topological polar surface area (TPSA) is 66.6 Å². The largest absolute Gasteiger partial charge is 0.496 e. The molecule has 0 aliphatic carbocycles. The highest BCUT2D eigenvalue weighted by atomic mass is 16.5. The van der Waals surface area contributed by atoms with Crippen LogP contribution in [0.2, 0.25) is 0 Å². The molecule has 158 valence electrons. The summed E-state index contributed by atoms with van der Waals surface area (Å²) < 4.78 is 10.7. The Hall–Kier alpha value is -2.99. The third-order valence-corrected chi connectivity index (χ3v) is 5.95. The number of piperidine rings is 1. The van der Waals surface area contributed by atoms with Crippen LogP contribution in [0.25, 0.3) is 10.9 Å². The van der Waals surface area contributed by atoms with Crippen molar-refractivity contribution in [2.75, 3.05) is 33.9 Å². The summed E-state index contributed by atoms with van der Waals surface area (Å²) in [5.74, 6) is 0.924. The van der Waals surface area contributed by atoms with Crippen molar-refractivity contribution in [3.63, 3.8) is 0 Å². The number of methoxy groups -OCH3 is 2. The number of nitrogens with one attached hydrogen (secondary N) is 2. The number of nitrogens with zero attached hydrogens (tertiary/aromatic N) is 1. The van der Waals surface area contributed by atoms with Gasteiger partial charge in [-0.3, -0.25) is 4.79 Å². The number of amides is 1. The maximum Gasteiger partial charge on any atom is 0.259 e. The van der Waals surface area contributed by atoms with Crippen molar-refractivity contribution in [3.8, 4) is 11.5 Å². The second-order valence-electron chi connectivity index (χ2n) is 7.74. The Morgan fingerprint density at radius 3 is 2.47 bits per heavy atom. The van der Waals surface area contributed by atoms with E-state index in [1.165, 1.54) is 16.5 Å². The summed E-state index contributed by atoms with van der Waals surface area (Å²) in [7, 11) is 3.13. The van der Waals surface area contributed by atoms with Crippen LogP contribution in [0.5, 0.6) is 11.5 Å². The first-order chi connectivity index (χ1) is 14.7. The number of para-hydroxylation sites is 1. The fourth-order valence-corrected chi connectivity index (χ4v) is 4.25. The fourth-order valence-electron chi connectivity index (χ4n) is 4.25. The third-order valence-electron chi connectivity index (χ3n) is 5.95. The van der Waals surface area contributed by atoms with E-state index in [0.717, 1.165) is 38.9 Å². The molecule has 0 radical (unpaired) electrons. The number of carbonyl (C=O) groups excluding carboxylic acids is 1. The summed E-state index contributed by atoms with van der Waals surface area (Å²) in [4.78, 5) is 18.7. The van der Waals surface area contributed by atoms with E-state index in [9.17, 15) is 4.79 Å². The van der Waals surface area contributed by atoms with Gasteiger partial charge < -0.3 is 24.7 Å². The van der Waals surface area contributed by atoms with Crippen LogP contribution in [0.4, 0.5) is 0 Å². The number of aromatic amines is 1. The Bertz CT molecular complexity index is 984. The molecule has 3 aromatic rings. The average molecular weight is 408 g/mol. The van der Waals surface area contributed by atoms with Crippen LogP contribution in [0.15, 0.2) is 48.7 Å². The van der Waals surface area contributed by atoms with Crippen molar-refractivity contribution < 1.29 is 14.3 Å². The monoisotopic (exact) mass is 407 g/mol. The lowest BCUT2D eigenvalue weighted by atomic mass is 10.0. The van der Waals surface area contributed by atoms with Crippen LogP contribution in [-0.4, -0.2) is 55.7 Å². The third kappa shape index (κ3) is 4.28. The van der Waals surface area contributed by atoms with E-state index in [0.29, 0.717) is 17.1 Å². The quantitative estimate of drug-likeness (QED) is 0.628. The minimum absolute atomic E-state index is 0.137. The minimum atomic E-state index is -0.137. The van der Waals surface area contributed by atoms with Crippen LogP contribution < -0.4 is 14.8 Å². The van der Waals surface area contributed by atoms with Gasteiger partial charge in [0, 0.05) is 42.8 Å². The van der Waals surface area contributed by atoms with Gasteiger partial charge in [0.05, 0.1) is 14.2 Å². The summed E-state index contributed by atoms with van der Waals surface area (Å²) in [5, 5.41) is 4.48. The van der Waals surface area contributed by atoms with Gasteiger partial charge in [0.15, 0.2) is 0 Å². The molecule has 1 fully saturated rings. The number of H-pyrrole nitrogens is 1. The van der Waals surface area contributed by atoms with Gasteiger partial charge in [0.25, 0.3) is 5.91 Å². The summed E-state index contributed by atoms with van der Waals surface area (Å²) in [6, 6.07) is 14.0. The van der Waals surface area contributed by atoms with Gasteiger partial charge in [-0.2, -0.15) is 0 Å². The molecule has 1 saturated heterocycles. The summed E-state index contributed by atoms with van der Waals surface area (Å²) in [6.07, 6.45) is 5.03.